The van der Waals surface area contributed by atoms with E-state index in [4.69, 9.17) is 17.2 Å². The van der Waals surface area contributed by atoms with E-state index in [2.05, 4.69) is 31.2 Å². The zero-order valence-electron chi connectivity index (χ0n) is 50.7. The number of phenolic OH excluding ortho intramolecular Hbond substituents is 1. The maximum absolute atomic E-state index is 14.3. The molecule has 24 nitrogen and oxygen atoms in total. The Labute approximate surface area is 512 Å². The number of phenols is 1. The lowest BCUT2D eigenvalue weighted by atomic mass is 9.88. The fourth-order valence-electron chi connectivity index (χ4n) is 11.2. The highest BCUT2D eigenvalue weighted by atomic mass is 16.3. The number of aliphatic hydroxyl groups is 2. The number of amides is 6. The minimum atomic E-state index is -1.70. The molecule has 476 valence electrons. The molecule has 24 heteroatoms. The van der Waals surface area contributed by atoms with E-state index >= 15 is 0 Å². The third kappa shape index (κ3) is 21.9. The Morgan fingerprint density at radius 3 is 1.97 bits per heavy atom. The van der Waals surface area contributed by atoms with Crippen molar-refractivity contribution in [1.82, 2.24) is 31.2 Å². The number of aliphatic hydroxyl groups excluding tert-OH is 2. The van der Waals surface area contributed by atoms with Gasteiger partial charge in [-0.1, -0.05) is 74.5 Å². The summed E-state index contributed by atoms with van der Waals surface area (Å²) < 4.78 is 0. The molecular weight excluding hydrogens is 1130 g/mol. The van der Waals surface area contributed by atoms with Gasteiger partial charge in [0.1, 0.15) is 17.6 Å². The standard InChI is InChI=1S/C64H86N10O14/c1-36(2)22-42(61(86)72-52(16-11-21-69-64(67)68-5)54(80)28-41(59(66)84)26-46-33-70-51-15-10-9-14-50(46)51)27-48(78)34-71-60(85)43(24-39-12-7-6-8-13-39)30-56(82)58(38(4)76)73-62(87)44(31-57(65)83)29-55(81)53-32-49(79)35-74(53)63(88)45(23-37(3)75)25-40-17-19-47(77)20-18-40/h6-10,12-15,17-20,33,36,38,41-45,49,52-53,58,70,76-77,79H,11,16,21-32,34-35H2,1-5H3,(H2,65,83)(H2,66,84)(H,71,85)(H,72,86)(H,73,87)(H3,67,68,69)/t38-,41-,42-,43-,44+,45-,49-,52+,53?,58+/m1/s1. The number of Topliss-reactive ketones (excluding diaryl/α,β-unsaturated/α-hetero) is 5. The number of aromatic hydroxyl groups is 1. The van der Waals surface area contributed by atoms with Gasteiger partial charge in [0, 0.05) is 106 Å². The van der Waals surface area contributed by atoms with Crippen molar-refractivity contribution in [3.63, 3.8) is 0 Å². The quantitative estimate of drug-likeness (QED) is 0.0175. The van der Waals surface area contributed by atoms with Crippen LogP contribution in [-0.4, -0.2) is 153 Å². The second-order valence-electron chi connectivity index (χ2n) is 23.6. The number of fused-ring (bicyclic) bond motifs is 1. The maximum Gasteiger partial charge on any atom is 0.227 e. The zero-order valence-corrected chi connectivity index (χ0v) is 50.7. The number of aromatic nitrogens is 1. The number of nitrogens with two attached hydrogens (primary N) is 3. The first-order valence-corrected chi connectivity index (χ1v) is 29.8. The minimum absolute atomic E-state index is 0.0116. The summed E-state index contributed by atoms with van der Waals surface area (Å²) in [5, 5.41) is 43.2. The van der Waals surface area contributed by atoms with E-state index in [9.17, 15) is 68.1 Å². The Morgan fingerprint density at radius 2 is 1.33 bits per heavy atom. The van der Waals surface area contributed by atoms with Gasteiger partial charge in [-0.15, -0.1) is 0 Å². The predicted molar refractivity (Wildman–Crippen MR) is 327 cm³/mol. The number of β-amino-alcohol motifs (C(OH)–C–C–N with tert-alkyl or cyclic N) is 1. The van der Waals surface area contributed by atoms with Crippen LogP contribution in [-0.2, 0) is 72.0 Å². The zero-order chi connectivity index (χ0) is 64.8. The number of hydrogen-bond donors (Lipinski definition) is 11. The molecule has 6 amide bonds. The van der Waals surface area contributed by atoms with Gasteiger partial charge in [-0.05, 0) is 93.2 Å². The average molecular weight is 1220 g/mol. The molecule has 1 aliphatic heterocycles. The number of likely N-dealkylation sites (tertiary alicyclic amines) is 1. The van der Waals surface area contributed by atoms with Gasteiger partial charge in [0.2, 0.25) is 35.4 Å². The Balaban J connectivity index is 1.28. The molecule has 5 rings (SSSR count). The highest BCUT2D eigenvalue weighted by molar-refractivity contribution is 5.99. The number of carbonyl (C=O) groups excluding carboxylic acids is 11. The first-order chi connectivity index (χ1) is 41.7. The van der Waals surface area contributed by atoms with Crippen molar-refractivity contribution in [2.45, 2.75) is 141 Å². The van der Waals surface area contributed by atoms with Crippen LogP contribution >= 0.6 is 0 Å². The number of rotatable bonds is 37. The highest BCUT2D eigenvalue weighted by Crippen LogP contribution is 2.29. The normalized spacial score (nSPS) is 16.9. The van der Waals surface area contributed by atoms with Gasteiger partial charge in [0.15, 0.2) is 29.1 Å². The van der Waals surface area contributed by atoms with Crippen molar-refractivity contribution in [3.05, 3.63) is 102 Å². The number of para-hydroxylation sites is 1. The highest BCUT2D eigenvalue weighted by Gasteiger charge is 2.43. The maximum atomic E-state index is 14.3. The second-order valence-corrected chi connectivity index (χ2v) is 23.6. The van der Waals surface area contributed by atoms with Crippen LogP contribution in [0.1, 0.15) is 109 Å². The van der Waals surface area contributed by atoms with Crippen molar-refractivity contribution in [2.75, 3.05) is 26.7 Å². The molecule has 1 unspecified atom stereocenters. The van der Waals surface area contributed by atoms with E-state index in [0.29, 0.717) is 24.1 Å². The molecule has 0 saturated carbocycles. The molecule has 0 aliphatic carbocycles. The van der Waals surface area contributed by atoms with Crippen LogP contribution in [0.4, 0.5) is 0 Å². The molecule has 14 N–H and O–H groups in total. The first kappa shape index (κ1) is 70.1. The third-order valence-corrected chi connectivity index (χ3v) is 15.7. The lowest BCUT2D eigenvalue weighted by Crippen LogP contribution is -2.52. The molecule has 0 bridgehead atoms. The van der Waals surface area contributed by atoms with Gasteiger partial charge in [0.25, 0.3) is 0 Å². The summed E-state index contributed by atoms with van der Waals surface area (Å²) in [7, 11) is 1.50. The second kappa shape index (κ2) is 34.0. The number of H-pyrrole nitrogens is 1. The molecule has 1 aliphatic rings. The van der Waals surface area contributed by atoms with Crippen LogP contribution in [0, 0.1) is 35.5 Å². The van der Waals surface area contributed by atoms with Crippen LogP contribution in [0.3, 0.4) is 0 Å². The minimum Gasteiger partial charge on any atom is -0.508 e. The van der Waals surface area contributed by atoms with E-state index in [1.165, 1.54) is 33.0 Å². The number of primary amides is 2. The Bertz CT molecular complexity index is 3130. The van der Waals surface area contributed by atoms with Crippen LogP contribution in [0.2, 0.25) is 0 Å². The van der Waals surface area contributed by atoms with Gasteiger partial charge >= 0.3 is 0 Å². The van der Waals surface area contributed by atoms with Crippen molar-refractivity contribution < 1.29 is 68.1 Å². The molecular formula is C64H86N10O14. The number of carbonyl (C=O) groups is 11. The number of aliphatic imine (C=N–C) groups is 1. The summed E-state index contributed by atoms with van der Waals surface area (Å²) >= 11 is 0. The van der Waals surface area contributed by atoms with Crippen molar-refractivity contribution in [1.29, 1.82) is 0 Å². The molecule has 0 spiro atoms. The summed E-state index contributed by atoms with van der Waals surface area (Å²) in [4.78, 5) is 159. The first-order valence-electron chi connectivity index (χ1n) is 29.8. The molecule has 1 fully saturated rings. The van der Waals surface area contributed by atoms with Gasteiger partial charge in [-0.3, -0.25) is 52.9 Å². The van der Waals surface area contributed by atoms with Crippen LogP contribution in [0.15, 0.2) is 90.1 Å². The SMILES string of the molecule is CN=C(N)NCCC[C@H](NC(=O)[C@@H](CC(=O)CNC(=O)[C@@H](CC(=O)[C@@H](NC(=O)[C@H](CC(N)=O)CC(=O)C1C[C@@H](O)CN1C(=O)[C@H](CC(C)=O)Cc1ccc(O)cc1)[C@@H](C)O)Cc1ccccc1)CC(C)C)C(=O)C[C@@H](Cc1c[nH]c2ccccc12)C(N)=O. The fraction of sp³-hybridized carbons (Fsp3) is 0.500. The molecule has 0 radical (unpaired) electrons. The summed E-state index contributed by atoms with van der Waals surface area (Å²) in [5.74, 6) is -13.1. The van der Waals surface area contributed by atoms with Crippen LogP contribution in [0.25, 0.3) is 10.9 Å². The van der Waals surface area contributed by atoms with E-state index in [1.807, 2.05) is 38.1 Å². The molecule has 1 aromatic heterocycles. The van der Waals surface area contributed by atoms with Gasteiger partial charge in [-0.25, -0.2) is 0 Å². The van der Waals surface area contributed by atoms with Crippen molar-refractivity contribution in [2.24, 2.45) is 57.7 Å². The van der Waals surface area contributed by atoms with E-state index in [1.54, 1.807) is 48.7 Å². The summed E-state index contributed by atoms with van der Waals surface area (Å²) in [6, 6.07) is 18.0. The number of aromatic amines is 1. The molecule has 3 aromatic carbocycles. The third-order valence-electron chi connectivity index (χ3n) is 15.7. The summed E-state index contributed by atoms with van der Waals surface area (Å²) in [6.07, 6.45) is -3.16. The number of nitrogens with one attached hydrogen (secondary N) is 5. The smallest absolute Gasteiger partial charge is 0.227 e. The lowest BCUT2D eigenvalue weighted by Gasteiger charge is -2.29. The van der Waals surface area contributed by atoms with Gasteiger partial charge in [0.05, 0.1) is 36.8 Å². The van der Waals surface area contributed by atoms with E-state index in [0.717, 1.165) is 21.4 Å². The topological polar surface area (TPSA) is 406 Å². The molecule has 1 saturated heterocycles. The Morgan fingerprint density at radius 1 is 0.693 bits per heavy atom. The number of hydrogen-bond acceptors (Lipinski definition) is 15. The predicted octanol–water partition coefficient (Wildman–Crippen LogP) is 1.95. The number of ketones is 5. The summed E-state index contributed by atoms with van der Waals surface area (Å²) in [6.45, 7) is 5.69. The van der Waals surface area contributed by atoms with Gasteiger partial charge in [-0.2, -0.15) is 0 Å². The number of nitrogens with zero attached hydrogens (tertiary/aromatic N) is 2. The van der Waals surface area contributed by atoms with E-state index in [-0.39, 0.29) is 87.7 Å². The van der Waals surface area contributed by atoms with E-state index < -0.39 is 144 Å². The fourth-order valence-corrected chi connectivity index (χ4v) is 11.2. The van der Waals surface area contributed by atoms with Crippen molar-refractivity contribution in [3.8, 4) is 5.75 Å². The monoisotopic (exact) mass is 1220 g/mol. The Hall–Kier alpha value is -8.64. The largest absolute Gasteiger partial charge is 0.508 e. The van der Waals surface area contributed by atoms with Crippen LogP contribution in [0.5, 0.6) is 5.75 Å². The Kier molecular flexibility index (Phi) is 27.1. The molecule has 2 heterocycles. The number of benzene rings is 3. The number of guanidine groups is 1. The molecule has 88 heavy (non-hydrogen) atoms. The van der Waals surface area contributed by atoms with Crippen LogP contribution < -0.4 is 38.5 Å². The molecule has 4 aromatic rings. The molecule has 10 atom stereocenters. The van der Waals surface area contributed by atoms with Crippen molar-refractivity contribution >= 4 is 81.2 Å². The lowest BCUT2D eigenvalue weighted by molar-refractivity contribution is -0.143. The van der Waals surface area contributed by atoms with Gasteiger partial charge < -0.3 is 68.5 Å². The summed E-state index contributed by atoms with van der Waals surface area (Å²) in [5.41, 5.74) is 20.1. The average Bonchev–Trinajstić information content (AvgIpc) is 3.98.